The molecule has 2 aromatic carbocycles. The number of aromatic nitrogens is 1. The molecule has 6 nitrogen and oxygen atoms in total. The Morgan fingerprint density at radius 2 is 1.90 bits per heavy atom. The number of hydrogen-bond acceptors (Lipinski definition) is 5. The molecular weight excluding hydrogens is 364 g/mol. The zero-order chi connectivity index (χ0) is 20.4. The van der Waals surface area contributed by atoms with Gasteiger partial charge in [0.15, 0.2) is 5.78 Å². The summed E-state index contributed by atoms with van der Waals surface area (Å²) in [5.41, 5.74) is 3.48. The van der Waals surface area contributed by atoms with E-state index < -0.39 is 0 Å². The average molecular weight is 388 g/mol. The second-order valence-electron chi connectivity index (χ2n) is 7.50. The second kappa shape index (κ2) is 8.11. The van der Waals surface area contributed by atoms with Crippen LogP contribution in [0.15, 0.2) is 48.7 Å². The number of fused-ring (bicyclic) bond motifs is 2. The van der Waals surface area contributed by atoms with E-state index in [0.29, 0.717) is 29.8 Å². The summed E-state index contributed by atoms with van der Waals surface area (Å²) in [6.07, 6.45) is 2.14. The summed E-state index contributed by atoms with van der Waals surface area (Å²) in [5, 5.41) is 8.05. The van der Waals surface area contributed by atoms with E-state index in [9.17, 15) is 9.59 Å². The molecule has 0 spiro atoms. The minimum absolute atomic E-state index is 0.0347. The first-order valence-corrected chi connectivity index (χ1v) is 9.77. The topological polar surface area (TPSA) is 74.3 Å². The third kappa shape index (κ3) is 3.90. The lowest BCUT2D eigenvalue weighted by Crippen LogP contribution is -2.29. The van der Waals surface area contributed by atoms with Gasteiger partial charge in [0, 0.05) is 60.0 Å². The van der Waals surface area contributed by atoms with Crippen molar-refractivity contribution in [2.24, 2.45) is 0 Å². The van der Waals surface area contributed by atoms with Crippen molar-refractivity contribution in [3.8, 4) is 11.3 Å². The third-order valence-electron chi connectivity index (χ3n) is 5.10. The Hall–Kier alpha value is -3.09. The number of pyridine rings is 1. The summed E-state index contributed by atoms with van der Waals surface area (Å²) in [5.74, 6) is -0.112. The molecule has 1 aromatic heterocycles. The number of nitrogens with one attached hydrogen (secondary N) is 2. The van der Waals surface area contributed by atoms with E-state index in [0.717, 1.165) is 35.1 Å². The number of amides is 1. The largest absolute Gasteiger partial charge is 0.326 e. The molecule has 1 heterocycles. The van der Waals surface area contributed by atoms with Gasteiger partial charge in [-0.1, -0.05) is 18.2 Å². The van der Waals surface area contributed by atoms with Crippen LogP contribution < -0.4 is 10.6 Å². The fourth-order valence-electron chi connectivity index (χ4n) is 3.64. The number of hydrogen-bond donors (Lipinski definition) is 2. The number of benzene rings is 2. The maximum Gasteiger partial charge on any atom is 0.225 e. The lowest BCUT2D eigenvalue weighted by Gasteiger charge is -2.19. The van der Waals surface area contributed by atoms with Crippen LogP contribution in [0.1, 0.15) is 22.3 Å². The highest BCUT2D eigenvalue weighted by Gasteiger charge is 2.26. The monoisotopic (exact) mass is 388 g/mol. The maximum atomic E-state index is 13.1. The number of likely N-dealkylation sites (N-methyl/N-ethyl adjacent to an activating group) is 1. The molecule has 0 atom stereocenters. The summed E-state index contributed by atoms with van der Waals surface area (Å²) in [6.45, 7) is 2.38. The highest BCUT2D eigenvalue weighted by molar-refractivity contribution is 6.25. The molecule has 148 valence electrons. The van der Waals surface area contributed by atoms with Gasteiger partial charge >= 0.3 is 0 Å². The predicted octanol–water partition coefficient (Wildman–Crippen LogP) is 2.93. The third-order valence-corrected chi connectivity index (χ3v) is 5.10. The number of nitrogens with zero attached hydrogens (tertiary/aromatic N) is 2. The second-order valence-corrected chi connectivity index (χ2v) is 7.50. The normalized spacial score (nSPS) is 12.3. The predicted molar refractivity (Wildman–Crippen MR) is 115 cm³/mol. The van der Waals surface area contributed by atoms with E-state index in [1.54, 1.807) is 12.3 Å². The van der Waals surface area contributed by atoms with Crippen LogP contribution in [0.3, 0.4) is 0 Å². The summed E-state index contributed by atoms with van der Waals surface area (Å²) in [6, 6.07) is 13.1. The van der Waals surface area contributed by atoms with E-state index in [-0.39, 0.29) is 11.7 Å². The van der Waals surface area contributed by atoms with Crippen molar-refractivity contribution in [2.75, 3.05) is 39.0 Å². The first-order chi connectivity index (χ1) is 14.0. The van der Waals surface area contributed by atoms with E-state index in [1.165, 1.54) is 0 Å². The van der Waals surface area contributed by atoms with Gasteiger partial charge in [-0.3, -0.25) is 14.6 Å². The number of rotatable bonds is 7. The van der Waals surface area contributed by atoms with Crippen molar-refractivity contribution in [1.82, 2.24) is 15.2 Å². The van der Waals surface area contributed by atoms with Gasteiger partial charge < -0.3 is 15.5 Å². The van der Waals surface area contributed by atoms with Crippen molar-refractivity contribution in [3.63, 3.8) is 0 Å². The molecule has 0 bridgehead atoms. The van der Waals surface area contributed by atoms with Crippen LogP contribution in [0.4, 0.5) is 5.69 Å². The Morgan fingerprint density at radius 3 is 2.72 bits per heavy atom. The SMILES string of the molecule is CN(C)CCNCCC(=O)Nc1ccc2c(c1)C(=O)c1cccc3ccnc-2c13. The van der Waals surface area contributed by atoms with Crippen LogP contribution in [0.2, 0.25) is 0 Å². The fraction of sp³-hybridized carbons (Fsp3) is 0.261. The molecule has 0 aliphatic heterocycles. The maximum absolute atomic E-state index is 13.1. The molecule has 2 N–H and O–H groups in total. The van der Waals surface area contributed by atoms with Gasteiger partial charge in [0.05, 0.1) is 5.69 Å². The molecule has 0 radical (unpaired) electrons. The Kier molecular flexibility index (Phi) is 5.38. The van der Waals surface area contributed by atoms with E-state index in [1.807, 2.05) is 50.5 Å². The lowest BCUT2D eigenvalue weighted by atomic mass is 9.85. The zero-order valence-electron chi connectivity index (χ0n) is 16.7. The van der Waals surface area contributed by atoms with Crippen LogP contribution in [-0.4, -0.2) is 55.3 Å². The Balaban J connectivity index is 1.51. The number of anilines is 1. The molecule has 1 aliphatic carbocycles. The van der Waals surface area contributed by atoms with Crippen molar-refractivity contribution >= 4 is 28.2 Å². The smallest absolute Gasteiger partial charge is 0.225 e. The Labute approximate surface area is 169 Å². The van der Waals surface area contributed by atoms with Gasteiger partial charge in [-0.25, -0.2) is 0 Å². The van der Waals surface area contributed by atoms with Gasteiger partial charge in [-0.2, -0.15) is 0 Å². The standard InChI is InChI=1S/C23H24N4O2/c1-27(2)13-12-24-10-9-20(28)26-16-6-7-17-19(14-16)23(29)18-5-3-4-15-8-11-25-22(17)21(15)18/h3-8,11,14,24H,9-10,12-13H2,1-2H3,(H,26,28). The molecule has 6 heteroatoms. The molecule has 29 heavy (non-hydrogen) atoms. The van der Waals surface area contributed by atoms with E-state index in [4.69, 9.17) is 0 Å². The molecule has 3 aromatic rings. The van der Waals surface area contributed by atoms with Crippen molar-refractivity contribution in [3.05, 3.63) is 59.8 Å². The van der Waals surface area contributed by atoms with Gasteiger partial charge in [-0.15, -0.1) is 0 Å². The molecule has 1 aliphatic rings. The fourth-order valence-corrected chi connectivity index (χ4v) is 3.64. The molecule has 0 saturated carbocycles. The van der Waals surface area contributed by atoms with Crippen LogP contribution in [0, 0.1) is 0 Å². The molecule has 0 fully saturated rings. The number of carbonyl (C=O) groups is 2. The minimum Gasteiger partial charge on any atom is -0.326 e. The molecule has 0 saturated heterocycles. The van der Waals surface area contributed by atoms with Crippen molar-refractivity contribution in [2.45, 2.75) is 6.42 Å². The lowest BCUT2D eigenvalue weighted by molar-refractivity contribution is -0.116. The zero-order valence-corrected chi connectivity index (χ0v) is 16.7. The Bertz CT molecular complexity index is 1090. The highest BCUT2D eigenvalue weighted by atomic mass is 16.1. The quantitative estimate of drug-likeness (QED) is 0.476. The van der Waals surface area contributed by atoms with E-state index in [2.05, 4.69) is 20.5 Å². The highest BCUT2D eigenvalue weighted by Crippen LogP contribution is 2.38. The summed E-state index contributed by atoms with van der Waals surface area (Å²) in [4.78, 5) is 31.9. The van der Waals surface area contributed by atoms with Crippen LogP contribution >= 0.6 is 0 Å². The van der Waals surface area contributed by atoms with Gasteiger partial charge in [0.1, 0.15) is 0 Å². The van der Waals surface area contributed by atoms with Gasteiger partial charge in [0.25, 0.3) is 0 Å². The first-order valence-electron chi connectivity index (χ1n) is 9.77. The number of carbonyl (C=O) groups excluding carboxylic acids is 2. The van der Waals surface area contributed by atoms with Crippen LogP contribution in [0.5, 0.6) is 0 Å². The minimum atomic E-state index is -0.0776. The number of ketones is 1. The summed E-state index contributed by atoms with van der Waals surface area (Å²) >= 11 is 0. The summed E-state index contributed by atoms with van der Waals surface area (Å²) < 4.78 is 0. The molecule has 4 rings (SSSR count). The molecular formula is C23H24N4O2. The van der Waals surface area contributed by atoms with Crippen molar-refractivity contribution in [1.29, 1.82) is 0 Å². The van der Waals surface area contributed by atoms with Gasteiger partial charge in [-0.05, 0) is 43.7 Å². The van der Waals surface area contributed by atoms with E-state index >= 15 is 0 Å². The summed E-state index contributed by atoms with van der Waals surface area (Å²) in [7, 11) is 4.03. The molecule has 1 amide bonds. The van der Waals surface area contributed by atoms with Crippen LogP contribution in [0.25, 0.3) is 22.0 Å². The van der Waals surface area contributed by atoms with Gasteiger partial charge in [0.2, 0.25) is 5.91 Å². The van der Waals surface area contributed by atoms with Crippen molar-refractivity contribution < 1.29 is 9.59 Å². The average Bonchev–Trinajstić information content (AvgIpc) is 2.71. The molecule has 0 unspecified atom stereocenters. The first kappa shape index (κ1) is 19.2. The Morgan fingerprint density at radius 1 is 1.03 bits per heavy atom. The van der Waals surface area contributed by atoms with Crippen LogP contribution in [-0.2, 0) is 4.79 Å².